The molecule has 0 aliphatic heterocycles. The number of ether oxygens (including phenoxy) is 1. The number of methoxy groups -OCH3 is 1. The Balaban J connectivity index is 4.24. The van der Waals surface area contributed by atoms with Crippen molar-refractivity contribution in [3.8, 4) is 0 Å². The van der Waals surface area contributed by atoms with Crippen LogP contribution in [0.25, 0.3) is 0 Å². The Morgan fingerprint density at radius 2 is 1.53 bits per heavy atom. The van der Waals surface area contributed by atoms with E-state index in [1.54, 1.807) is 0 Å². The quantitative estimate of drug-likeness (QED) is 0.345. The lowest BCUT2D eigenvalue weighted by atomic mass is 10.4. The van der Waals surface area contributed by atoms with Crippen molar-refractivity contribution in [2.45, 2.75) is 39.5 Å². The lowest BCUT2D eigenvalue weighted by Gasteiger charge is -2.17. The van der Waals surface area contributed by atoms with Gasteiger partial charge in [-0.2, -0.15) is 0 Å². The Labute approximate surface area is 103 Å². The van der Waals surface area contributed by atoms with E-state index >= 15 is 0 Å². The third kappa shape index (κ3) is 8.36. The molecule has 0 aromatic carbocycles. The van der Waals surface area contributed by atoms with E-state index in [-0.39, 0.29) is 6.16 Å². The molecule has 17 heavy (non-hydrogen) atoms. The summed E-state index contributed by atoms with van der Waals surface area (Å²) in [7, 11) is -2.07. The number of carbonyl (C=O) groups excluding carboxylic acids is 1. The van der Waals surface area contributed by atoms with Gasteiger partial charge in [0.1, 0.15) is 6.16 Å². The fraction of sp³-hybridized carbons (Fsp3) is 0.909. The molecule has 102 valence electrons. The summed E-state index contributed by atoms with van der Waals surface area (Å²) >= 11 is 0. The zero-order valence-corrected chi connectivity index (χ0v) is 11.8. The van der Waals surface area contributed by atoms with Gasteiger partial charge in [-0.05, 0) is 12.8 Å². The lowest BCUT2D eigenvalue weighted by molar-refractivity contribution is -0.137. The number of rotatable bonds is 10. The molecule has 0 saturated carbocycles. The lowest BCUT2D eigenvalue weighted by Crippen LogP contribution is -2.12. The van der Waals surface area contributed by atoms with Crippen molar-refractivity contribution in [1.29, 1.82) is 0 Å². The highest BCUT2D eigenvalue weighted by atomic mass is 31.2. The van der Waals surface area contributed by atoms with E-state index in [1.807, 2.05) is 13.8 Å². The van der Waals surface area contributed by atoms with Crippen LogP contribution in [0, 0.1) is 0 Å². The summed E-state index contributed by atoms with van der Waals surface area (Å²) in [6.45, 7) is 4.70. The maximum Gasteiger partial charge on any atom is 0.341 e. The summed E-state index contributed by atoms with van der Waals surface area (Å²) in [5.41, 5.74) is 0. The summed E-state index contributed by atoms with van der Waals surface area (Å²) in [6, 6.07) is 0. The highest BCUT2D eigenvalue weighted by Gasteiger charge is 2.28. The van der Waals surface area contributed by atoms with Crippen molar-refractivity contribution in [3.05, 3.63) is 0 Å². The summed E-state index contributed by atoms with van der Waals surface area (Å²) in [4.78, 5) is 11.1. The van der Waals surface area contributed by atoms with E-state index in [0.29, 0.717) is 13.2 Å². The van der Waals surface area contributed by atoms with Crippen LogP contribution in [-0.2, 0) is 23.1 Å². The second-order valence-corrected chi connectivity index (χ2v) is 5.77. The number of hydrogen-bond acceptors (Lipinski definition) is 5. The van der Waals surface area contributed by atoms with Crippen LogP contribution in [0.2, 0.25) is 0 Å². The largest absolute Gasteiger partial charge is 0.469 e. The molecule has 6 heteroatoms. The molecule has 0 heterocycles. The predicted octanol–water partition coefficient (Wildman–Crippen LogP) is 2.99. The van der Waals surface area contributed by atoms with Gasteiger partial charge in [0, 0.05) is 0 Å². The summed E-state index contributed by atoms with van der Waals surface area (Å²) in [6.07, 6.45) is 3.15. The van der Waals surface area contributed by atoms with Crippen LogP contribution in [0.5, 0.6) is 0 Å². The number of carbonyl (C=O) groups is 1. The van der Waals surface area contributed by atoms with Crippen molar-refractivity contribution >= 4 is 13.6 Å². The first-order valence-electron chi connectivity index (χ1n) is 6.03. The molecule has 0 aliphatic carbocycles. The van der Waals surface area contributed by atoms with Crippen LogP contribution < -0.4 is 0 Å². The fourth-order valence-corrected chi connectivity index (χ4v) is 2.56. The van der Waals surface area contributed by atoms with E-state index < -0.39 is 13.6 Å². The molecule has 0 fully saturated rings. The fourth-order valence-electron chi connectivity index (χ4n) is 1.05. The minimum atomic E-state index is -3.33. The second-order valence-electron chi connectivity index (χ2n) is 3.72. The first-order valence-corrected chi connectivity index (χ1v) is 7.75. The van der Waals surface area contributed by atoms with Gasteiger partial charge >= 0.3 is 13.6 Å². The van der Waals surface area contributed by atoms with Crippen LogP contribution >= 0.6 is 7.60 Å². The molecule has 0 aromatic rings. The molecule has 0 bridgehead atoms. The van der Waals surface area contributed by atoms with Crippen molar-refractivity contribution in [1.82, 2.24) is 0 Å². The average Bonchev–Trinajstić information content (AvgIpc) is 2.29. The molecular weight excluding hydrogens is 243 g/mol. The van der Waals surface area contributed by atoms with Gasteiger partial charge in [0.15, 0.2) is 0 Å². The molecule has 5 nitrogen and oxygen atoms in total. The van der Waals surface area contributed by atoms with Crippen LogP contribution in [-0.4, -0.2) is 32.5 Å². The number of unbranched alkanes of at least 4 members (excludes halogenated alkanes) is 2. The predicted molar refractivity (Wildman–Crippen MR) is 66.2 cm³/mol. The summed E-state index contributed by atoms with van der Waals surface area (Å²) in [5, 5.41) is 0. The van der Waals surface area contributed by atoms with Gasteiger partial charge in [-0.3, -0.25) is 9.36 Å². The molecular formula is C11H23O5P. The molecule has 0 saturated heterocycles. The zero-order valence-electron chi connectivity index (χ0n) is 10.9. The van der Waals surface area contributed by atoms with Crippen molar-refractivity contribution in [2.24, 2.45) is 0 Å². The monoisotopic (exact) mass is 266 g/mol. The third-order valence-electron chi connectivity index (χ3n) is 2.12. The van der Waals surface area contributed by atoms with Gasteiger partial charge in [-0.25, -0.2) is 0 Å². The zero-order chi connectivity index (χ0) is 13.1. The maximum absolute atomic E-state index is 12.2. The minimum absolute atomic E-state index is 0.309. The molecule has 0 rings (SSSR count). The molecule has 0 aliphatic rings. The Morgan fingerprint density at radius 1 is 1.06 bits per heavy atom. The Morgan fingerprint density at radius 3 is 1.88 bits per heavy atom. The standard InChI is InChI=1S/C11H23O5P/c1-4-6-8-15-17(13,10-11(12)14-3)16-9-7-5-2/h4-10H2,1-3H3. The summed E-state index contributed by atoms with van der Waals surface area (Å²) in [5.74, 6) is -0.568. The Kier molecular flexibility index (Phi) is 9.41. The first-order chi connectivity index (χ1) is 8.08. The van der Waals surface area contributed by atoms with Crippen molar-refractivity contribution in [3.63, 3.8) is 0 Å². The van der Waals surface area contributed by atoms with E-state index in [9.17, 15) is 9.36 Å². The SMILES string of the molecule is CCCCOP(=O)(CC(=O)OC)OCCCC. The van der Waals surface area contributed by atoms with E-state index in [4.69, 9.17) is 9.05 Å². The second kappa shape index (κ2) is 9.63. The summed E-state index contributed by atoms with van der Waals surface area (Å²) < 4.78 is 27.1. The molecule has 0 atom stereocenters. The molecule has 0 unspecified atom stereocenters. The smallest absolute Gasteiger partial charge is 0.341 e. The average molecular weight is 266 g/mol. The first kappa shape index (κ1) is 16.6. The van der Waals surface area contributed by atoms with Crippen LogP contribution in [0.4, 0.5) is 0 Å². The molecule has 0 spiro atoms. The van der Waals surface area contributed by atoms with Crippen LogP contribution in [0.15, 0.2) is 0 Å². The molecule has 0 N–H and O–H groups in total. The van der Waals surface area contributed by atoms with E-state index in [1.165, 1.54) is 7.11 Å². The number of esters is 1. The third-order valence-corrected chi connectivity index (χ3v) is 3.92. The highest BCUT2D eigenvalue weighted by molar-refractivity contribution is 7.54. The van der Waals surface area contributed by atoms with E-state index in [0.717, 1.165) is 25.7 Å². The number of hydrogen-bond donors (Lipinski definition) is 0. The van der Waals surface area contributed by atoms with Gasteiger partial charge < -0.3 is 13.8 Å². The highest BCUT2D eigenvalue weighted by Crippen LogP contribution is 2.48. The van der Waals surface area contributed by atoms with Crippen LogP contribution in [0.3, 0.4) is 0 Å². The topological polar surface area (TPSA) is 61.8 Å². The van der Waals surface area contributed by atoms with Gasteiger partial charge in [0.2, 0.25) is 0 Å². The van der Waals surface area contributed by atoms with Crippen molar-refractivity contribution < 1.29 is 23.1 Å². The van der Waals surface area contributed by atoms with Gasteiger partial charge in [-0.15, -0.1) is 0 Å². The van der Waals surface area contributed by atoms with Gasteiger partial charge in [0.25, 0.3) is 0 Å². The van der Waals surface area contributed by atoms with E-state index in [2.05, 4.69) is 4.74 Å². The van der Waals surface area contributed by atoms with Crippen molar-refractivity contribution in [2.75, 3.05) is 26.5 Å². The Bertz CT molecular complexity index is 240. The normalized spacial score (nSPS) is 11.5. The maximum atomic E-state index is 12.2. The molecule has 0 aromatic heterocycles. The van der Waals surface area contributed by atoms with Crippen LogP contribution in [0.1, 0.15) is 39.5 Å². The molecule has 0 amide bonds. The minimum Gasteiger partial charge on any atom is -0.469 e. The molecule has 0 radical (unpaired) electrons. The van der Waals surface area contributed by atoms with Gasteiger partial charge in [0.05, 0.1) is 20.3 Å². The Hall–Kier alpha value is -0.380. The van der Waals surface area contributed by atoms with Gasteiger partial charge in [-0.1, -0.05) is 26.7 Å².